The van der Waals surface area contributed by atoms with Gasteiger partial charge >= 0.3 is 0 Å². The second kappa shape index (κ2) is 2.61. The van der Waals surface area contributed by atoms with Crippen LogP contribution in [-0.2, 0) is 0 Å². The minimum atomic E-state index is 0.321. The summed E-state index contributed by atoms with van der Waals surface area (Å²) in [5.41, 5.74) is 8.79. The Morgan fingerprint density at radius 2 is 2.27 bits per heavy atom. The largest absolute Gasteiger partial charge is 0.324 e. The van der Waals surface area contributed by atoms with E-state index in [1.54, 1.807) is 11.3 Å². The van der Waals surface area contributed by atoms with Gasteiger partial charge in [0.1, 0.15) is 0 Å². The van der Waals surface area contributed by atoms with Crippen LogP contribution in [0.2, 0.25) is 0 Å². The summed E-state index contributed by atoms with van der Waals surface area (Å²) in [6.45, 7) is 2.15. The average Bonchev–Trinajstić information content (AvgIpc) is 2.74. The summed E-state index contributed by atoms with van der Waals surface area (Å²) in [6.07, 6.45) is 2.66. The summed E-state index contributed by atoms with van der Waals surface area (Å²) >= 11 is 1.76. The highest BCUT2D eigenvalue weighted by Gasteiger charge is 2.30. The minimum Gasteiger partial charge on any atom is -0.324 e. The summed E-state index contributed by atoms with van der Waals surface area (Å²) < 4.78 is 0. The molecule has 1 fully saturated rings. The summed E-state index contributed by atoms with van der Waals surface area (Å²) in [5.74, 6) is 0.781. The Balaban J connectivity index is 2.20. The van der Waals surface area contributed by atoms with Crippen LogP contribution in [0.15, 0.2) is 10.8 Å². The Kier molecular flexibility index (Phi) is 1.74. The molecule has 0 spiro atoms. The van der Waals surface area contributed by atoms with E-state index in [0.717, 1.165) is 5.92 Å². The molecule has 0 saturated heterocycles. The molecular formula is C9H13NS. The number of nitrogens with two attached hydrogens (primary N) is 1. The molecule has 0 amide bonds. The van der Waals surface area contributed by atoms with Crippen molar-refractivity contribution < 1.29 is 0 Å². The number of hydrogen-bond acceptors (Lipinski definition) is 2. The van der Waals surface area contributed by atoms with E-state index >= 15 is 0 Å². The van der Waals surface area contributed by atoms with Gasteiger partial charge in [0, 0.05) is 6.04 Å². The van der Waals surface area contributed by atoms with Gasteiger partial charge in [0.25, 0.3) is 0 Å². The Bertz CT molecular complexity index is 250. The van der Waals surface area contributed by atoms with Crippen molar-refractivity contribution in [1.82, 2.24) is 0 Å². The van der Waals surface area contributed by atoms with E-state index in [1.807, 2.05) is 0 Å². The Morgan fingerprint density at radius 1 is 1.55 bits per heavy atom. The zero-order valence-electron chi connectivity index (χ0n) is 6.71. The van der Waals surface area contributed by atoms with Crippen LogP contribution >= 0.6 is 11.3 Å². The van der Waals surface area contributed by atoms with Crippen LogP contribution in [0.3, 0.4) is 0 Å². The van der Waals surface area contributed by atoms with Gasteiger partial charge in [-0.15, -0.1) is 0 Å². The fraction of sp³-hybridized carbons (Fsp3) is 0.556. The van der Waals surface area contributed by atoms with Crippen LogP contribution in [0, 0.1) is 12.8 Å². The standard InChI is InChI=1S/C9H13NS/c1-6-4-11-5-8(6)9(10)7-2-3-7/h4-5,7,9H,2-3,10H2,1H3/t9-/m1/s1. The quantitative estimate of drug-likeness (QED) is 0.719. The second-order valence-corrected chi connectivity index (χ2v) is 4.12. The highest BCUT2D eigenvalue weighted by atomic mass is 32.1. The Morgan fingerprint density at radius 3 is 2.73 bits per heavy atom. The van der Waals surface area contributed by atoms with Crippen molar-refractivity contribution in [2.75, 3.05) is 0 Å². The Hall–Kier alpha value is -0.340. The Labute approximate surface area is 71.2 Å². The lowest BCUT2D eigenvalue weighted by Crippen LogP contribution is -2.12. The van der Waals surface area contributed by atoms with E-state index in [9.17, 15) is 0 Å². The molecule has 2 heteroatoms. The zero-order chi connectivity index (χ0) is 7.84. The van der Waals surface area contributed by atoms with Crippen molar-refractivity contribution in [1.29, 1.82) is 0 Å². The zero-order valence-corrected chi connectivity index (χ0v) is 7.53. The van der Waals surface area contributed by atoms with Crippen molar-refractivity contribution in [2.45, 2.75) is 25.8 Å². The molecule has 1 nitrogen and oxygen atoms in total. The van der Waals surface area contributed by atoms with Gasteiger partial charge < -0.3 is 5.73 Å². The molecule has 1 atom stereocenters. The number of aryl methyl sites for hydroxylation is 1. The number of rotatable bonds is 2. The van der Waals surface area contributed by atoms with Crippen molar-refractivity contribution in [3.63, 3.8) is 0 Å². The van der Waals surface area contributed by atoms with Crippen molar-refractivity contribution in [3.05, 3.63) is 21.9 Å². The van der Waals surface area contributed by atoms with Crippen LogP contribution in [0.5, 0.6) is 0 Å². The van der Waals surface area contributed by atoms with Crippen molar-refractivity contribution in [3.8, 4) is 0 Å². The third-order valence-corrected chi connectivity index (χ3v) is 3.26. The minimum absolute atomic E-state index is 0.321. The van der Waals surface area contributed by atoms with Gasteiger partial charge in [-0.25, -0.2) is 0 Å². The first-order chi connectivity index (χ1) is 5.29. The molecule has 1 aromatic heterocycles. The first-order valence-electron chi connectivity index (χ1n) is 4.07. The summed E-state index contributed by atoms with van der Waals surface area (Å²) in [5, 5.41) is 4.37. The van der Waals surface area contributed by atoms with Crippen LogP contribution in [0.1, 0.15) is 30.0 Å². The lowest BCUT2D eigenvalue weighted by atomic mass is 10.0. The first kappa shape index (κ1) is 7.32. The van der Waals surface area contributed by atoms with Gasteiger partial charge in [0.15, 0.2) is 0 Å². The SMILES string of the molecule is Cc1cscc1[C@H](N)C1CC1. The monoisotopic (exact) mass is 167 g/mol. The van der Waals surface area contributed by atoms with Crippen molar-refractivity contribution >= 4 is 11.3 Å². The van der Waals surface area contributed by atoms with E-state index < -0.39 is 0 Å². The maximum Gasteiger partial charge on any atom is 0.0334 e. The molecule has 1 aromatic rings. The van der Waals surface area contributed by atoms with Crippen LogP contribution < -0.4 is 5.73 Å². The molecule has 2 rings (SSSR count). The molecule has 1 aliphatic rings. The van der Waals surface area contributed by atoms with Gasteiger partial charge in [-0.05, 0) is 47.6 Å². The van der Waals surface area contributed by atoms with E-state index in [1.165, 1.54) is 24.0 Å². The molecule has 60 valence electrons. The van der Waals surface area contributed by atoms with Gasteiger partial charge in [0.05, 0.1) is 0 Å². The van der Waals surface area contributed by atoms with Crippen LogP contribution in [-0.4, -0.2) is 0 Å². The first-order valence-corrected chi connectivity index (χ1v) is 5.01. The fourth-order valence-electron chi connectivity index (χ4n) is 1.42. The normalized spacial score (nSPS) is 20.2. The third-order valence-electron chi connectivity index (χ3n) is 2.38. The molecule has 1 heterocycles. The van der Waals surface area contributed by atoms with Gasteiger partial charge in [0.2, 0.25) is 0 Å². The molecular weight excluding hydrogens is 154 g/mol. The molecule has 1 aliphatic carbocycles. The van der Waals surface area contributed by atoms with E-state index in [0.29, 0.717) is 6.04 Å². The third kappa shape index (κ3) is 1.33. The van der Waals surface area contributed by atoms with Gasteiger partial charge in [-0.1, -0.05) is 0 Å². The molecule has 0 unspecified atom stereocenters. The topological polar surface area (TPSA) is 26.0 Å². The summed E-state index contributed by atoms with van der Waals surface area (Å²) in [6, 6.07) is 0.321. The van der Waals surface area contributed by atoms with Gasteiger partial charge in [-0.2, -0.15) is 11.3 Å². The average molecular weight is 167 g/mol. The maximum absolute atomic E-state index is 6.05. The van der Waals surface area contributed by atoms with E-state index in [-0.39, 0.29) is 0 Å². The predicted octanol–water partition coefficient (Wildman–Crippen LogP) is 2.47. The lowest BCUT2D eigenvalue weighted by Gasteiger charge is -2.08. The van der Waals surface area contributed by atoms with Crippen molar-refractivity contribution in [2.24, 2.45) is 11.7 Å². The summed E-state index contributed by atoms with van der Waals surface area (Å²) in [4.78, 5) is 0. The van der Waals surface area contributed by atoms with Crippen LogP contribution in [0.4, 0.5) is 0 Å². The molecule has 0 aliphatic heterocycles. The highest BCUT2D eigenvalue weighted by Crippen LogP contribution is 2.40. The molecule has 0 radical (unpaired) electrons. The molecule has 11 heavy (non-hydrogen) atoms. The smallest absolute Gasteiger partial charge is 0.0334 e. The fourth-order valence-corrected chi connectivity index (χ4v) is 2.32. The predicted molar refractivity (Wildman–Crippen MR) is 48.7 cm³/mol. The molecule has 0 bridgehead atoms. The number of hydrogen-bond donors (Lipinski definition) is 1. The molecule has 0 aromatic carbocycles. The molecule has 1 saturated carbocycles. The van der Waals surface area contributed by atoms with E-state index in [4.69, 9.17) is 5.73 Å². The lowest BCUT2D eigenvalue weighted by molar-refractivity contribution is 0.632. The summed E-state index contributed by atoms with van der Waals surface area (Å²) in [7, 11) is 0. The van der Waals surface area contributed by atoms with E-state index in [2.05, 4.69) is 17.7 Å². The highest BCUT2D eigenvalue weighted by molar-refractivity contribution is 7.08. The number of thiophene rings is 1. The maximum atomic E-state index is 6.05. The van der Waals surface area contributed by atoms with Crippen LogP contribution in [0.25, 0.3) is 0 Å². The second-order valence-electron chi connectivity index (χ2n) is 3.37. The van der Waals surface area contributed by atoms with Gasteiger partial charge in [-0.3, -0.25) is 0 Å². The molecule has 2 N–H and O–H groups in total.